The molecule has 1 aliphatic heterocycles. The molecule has 0 saturated carbocycles. The van der Waals surface area contributed by atoms with Crippen molar-refractivity contribution >= 4 is 17.5 Å². The van der Waals surface area contributed by atoms with Crippen LogP contribution in [-0.2, 0) is 0 Å². The Morgan fingerprint density at radius 3 is 2.49 bits per heavy atom. The minimum atomic E-state index is -3.00. The van der Waals surface area contributed by atoms with E-state index in [2.05, 4.69) is 58.6 Å². The molecule has 0 bridgehead atoms. The standard InChI is InChI=1S/C25H29F3N6O/c1-24(2)11-17(12-25(3,4)34-24)31-21-19(26)14-30-23(33-21)32-16-7-8-18(15-6-5-9-29-13-15)20(10-16)35-22(27)28/h5-10,13-14,17,22,34H,11-12H2,1-4H3,(H2,30,31,32,33). The average Bonchev–Trinajstić information content (AvgIpc) is 2.74. The lowest BCUT2D eigenvalue weighted by Gasteiger charge is -2.46. The first-order valence-corrected chi connectivity index (χ1v) is 11.3. The fraction of sp³-hybridized carbons (Fsp3) is 0.400. The number of pyridine rings is 1. The molecule has 3 N–H and O–H groups in total. The zero-order chi connectivity index (χ0) is 25.2. The lowest BCUT2D eigenvalue weighted by molar-refractivity contribution is -0.0494. The number of hydrogen-bond donors (Lipinski definition) is 3. The molecule has 1 saturated heterocycles. The number of halogens is 3. The molecule has 3 aromatic rings. The molecule has 2 aromatic heterocycles. The van der Waals surface area contributed by atoms with Crippen LogP contribution in [0.3, 0.4) is 0 Å². The third kappa shape index (κ3) is 6.39. The van der Waals surface area contributed by atoms with Crippen LogP contribution < -0.4 is 20.7 Å². The summed E-state index contributed by atoms with van der Waals surface area (Å²) in [6.45, 7) is 5.44. The second-order valence-electron chi connectivity index (χ2n) is 9.99. The largest absolute Gasteiger partial charge is 0.434 e. The Bertz CT molecular complexity index is 1160. The Morgan fingerprint density at radius 1 is 1.09 bits per heavy atom. The molecule has 1 aliphatic rings. The maximum Gasteiger partial charge on any atom is 0.387 e. The number of alkyl halides is 2. The Morgan fingerprint density at radius 2 is 1.83 bits per heavy atom. The molecule has 0 atom stereocenters. The zero-order valence-corrected chi connectivity index (χ0v) is 20.1. The van der Waals surface area contributed by atoms with E-state index in [-0.39, 0.29) is 34.6 Å². The lowest BCUT2D eigenvalue weighted by atomic mass is 9.79. The van der Waals surface area contributed by atoms with Gasteiger partial charge in [-0.2, -0.15) is 13.8 Å². The van der Waals surface area contributed by atoms with Crippen molar-refractivity contribution in [2.75, 3.05) is 10.6 Å². The van der Waals surface area contributed by atoms with Crippen molar-refractivity contribution in [2.24, 2.45) is 0 Å². The van der Waals surface area contributed by atoms with Crippen LogP contribution in [0.2, 0.25) is 0 Å². The van der Waals surface area contributed by atoms with Crippen LogP contribution in [0.1, 0.15) is 40.5 Å². The Labute approximate surface area is 202 Å². The molecule has 0 unspecified atom stereocenters. The molecule has 1 fully saturated rings. The highest BCUT2D eigenvalue weighted by Crippen LogP contribution is 2.34. The predicted octanol–water partition coefficient (Wildman–Crippen LogP) is 5.74. The SMILES string of the molecule is CC1(C)CC(Nc2nc(Nc3ccc(-c4cccnc4)c(OC(F)F)c3)ncc2F)CC(C)(C)N1. The summed E-state index contributed by atoms with van der Waals surface area (Å²) in [7, 11) is 0. The molecule has 1 aromatic carbocycles. The molecule has 0 spiro atoms. The maximum absolute atomic E-state index is 14.6. The van der Waals surface area contributed by atoms with E-state index in [9.17, 15) is 13.2 Å². The number of benzene rings is 1. The normalized spacial score (nSPS) is 17.3. The molecular weight excluding hydrogens is 457 g/mol. The zero-order valence-electron chi connectivity index (χ0n) is 20.1. The quantitative estimate of drug-likeness (QED) is 0.393. The molecule has 0 amide bonds. The molecule has 4 rings (SSSR count). The first kappa shape index (κ1) is 24.7. The van der Waals surface area contributed by atoms with E-state index in [0.29, 0.717) is 16.8 Å². The van der Waals surface area contributed by atoms with Gasteiger partial charge in [-0.1, -0.05) is 6.07 Å². The Kier molecular flexibility index (Phi) is 6.84. The Balaban J connectivity index is 1.56. The van der Waals surface area contributed by atoms with Crippen molar-refractivity contribution in [3.63, 3.8) is 0 Å². The summed E-state index contributed by atoms with van der Waals surface area (Å²) in [4.78, 5) is 12.3. The second-order valence-corrected chi connectivity index (χ2v) is 9.99. The van der Waals surface area contributed by atoms with Gasteiger partial charge in [-0.15, -0.1) is 0 Å². The minimum Gasteiger partial charge on any atom is -0.434 e. The smallest absolute Gasteiger partial charge is 0.387 e. The van der Waals surface area contributed by atoms with Crippen LogP contribution in [0.4, 0.5) is 30.6 Å². The fourth-order valence-corrected chi connectivity index (χ4v) is 4.83. The van der Waals surface area contributed by atoms with Crippen molar-refractivity contribution in [3.8, 4) is 16.9 Å². The van der Waals surface area contributed by atoms with Gasteiger partial charge in [0.25, 0.3) is 0 Å². The number of hydrogen-bond acceptors (Lipinski definition) is 7. The summed E-state index contributed by atoms with van der Waals surface area (Å²) >= 11 is 0. The molecule has 7 nitrogen and oxygen atoms in total. The highest BCUT2D eigenvalue weighted by Gasteiger charge is 2.38. The highest BCUT2D eigenvalue weighted by molar-refractivity contribution is 5.74. The summed E-state index contributed by atoms with van der Waals surface area (Å²) < 4.78 is 45.4. The monoisotopic (exact) mass is 486 g/mol. The van der Waals surface area contributed by atoms with Crippen LogP contribution in [-0.4, -0.2) is 38.7 Å². The van der Waals surface area contributed by atoms with E-state index >= 15 is 0 Å². The summed E-state index contributed by atoms with van der Waals surface area (Å²) in [6, 6.07) is 8.20. The van der Waals surface area contributed by atoms with Gasteiger partial charge in [0.2, 0.25) is 5.95 Å². The number of rotatable bonds is 7. The van der Waals surface area contributed by atoms with Gasteiger partial charge in [-0.25, -0.2) is 9.37 Å². The molecule has 3 heterocycles. The third-order valence-corrected chi connectivity index (χ3v) is 5.70. The number of aromatic nitrogens is 3. The first-order chi connectivity index (χ1) is 16.5. The number of nitrogens with one attached hydrogen (secondary N) is 3. The molecular formula is C25H29F3N6O. The Hall–Kier alpha value is -3.40. The van der Waals surface area contributed by atoms with Crippen molar-refractivity contribution in [1.29, 1.82) is 0 Å². The molecule has 186 valence electrons. The first-order valence-electron chi connectivity index (χ1n) is 11.3. The summed E-state index contributed by atoms with van der Waals surface area (Å²) in [5.74, 6) is -0.397. The number of ether oxygens (including phenoxy) is 1. The molecule has 0 radical (unpaired) electrons. The van der Waals surface area contributed by atoms with Crippen molar-refractivity contribution < 1.29 is 17.9 Å². The van der Waals surface area contributed by atoms with Gasteiger partial charge in [-0.3, -0.25) is 4.98 Å². The van der Waals surface area contributed by atoms with Gasteiger partial charge < -0.3 is 20.7 Å². The van der Waals surface area contributed by atoms with Gasteiger partial charge in [0, 0.05) is 52.4 Å². The van der Waals surface area contributed by atoms with Crippen LogP contribution in [0, 0.1) is 5.82 Å². The van der Waals surface area contributed by atoms with Crippen LogP contribution in [0.15, 0.2) is 48.9 Å². The topological polar surface area (TPSA) is 84.0 Å². The third-order valence-electron chi connectivity index (χ3n) is 5.70. The lowest BCUT2D eigenvalue weighted by Crippen LogP contribution is -2.60. The maximum atomic E-state index is 14.6. The molecule has 10 heteroatoms. The highest BCUT2D eigenvalue weighted by atomic mass is 19.3. The molecule has 35 heavy (non-hydrogen) atoms. The van der Waals surface area contributed by atoms with E-state index in [1.165, 1.54) is 6.07 Å². The number of nitrogens with zero attached hydrogens (tertiary/aromatic N) is 3. The van der Waals surface area contributed by atoms with E-state index in [1.54, 1.807) is 36.7 Å². The average molecular weight is 487 g/mol. The predicted molar refractivity (Wildman–Crippen MR) is 130 cm³/mol. The van der Waals surface area contributed by atoms with E-state index in [4.69, 9.17) is 4.74 Å². The van der Waals surface area contributed by atoms with Crippen molar-refractivity contribution in [1.82, 2.24) is 20.3 Å². The van der Waals surface area contributed by atoms with E-state index in [1.807, 2.05) is 0 Å². The van der Waals surface area contributed by atoms with Gasteiger partial charge in [0.1, 0.15) is 5.75 Å². The van der Waals surface area contributed by atoms with Crippen LogP contribution >= 0.6 is 0 Å². The van der Waals surface area contributed by atoms with E-state index < -0.39 is 12.4 Å². The fourth-order valence-electron chi connectivity index (χ4n) is 4.83. The summed E-state index contributed by atoms with van der Waals surface area (Å²) in [6.07, 6.45) is 5.80. The minimum absolute atomic E-state index is 0.00306. The number of anilines is 3. The number of piperidine rings is 1. The summed E-state index contributed by atoms with van der Waals surface area (Å²) in [5.41, 5.74) is 1.26. The van der Waals surface area contributed by atoms with Gasteiger partial charge >= 0.3 is 6.61 Å². The van der Waals surface area contributed by atoms with Gasteiger partial charge in [-0.05, 0) is 58.7 Å². The molecule has 0 aliphatic carbocycles. The van der Waals surface area contributed by atoms with Gasteiger partial charge in [0.15, 0.2) is 11.6 Å². The second kappa shape index (κ2) is 9.69. The van der Waals surface area contributed by atoms with Gasteiger partial charge in [0.05, 0.1) is 6.20 Å². The van der Waals surface area contributed by atoms with Crippen molar-refractivity contribution in [3.05, 3.63) is 54.7 Å². The van der Waals surface area contributed by atoms with Crippen LogP contribution in [0.5, 0.6) is 5.75 Å². The van der Waals surface area contributed by atoms with E-state index in [0.717, 1.165) is 19.0 Å². The van der Waals surface area contributed by atoms with Crippen molar-refractivity contribution in [2.45, 2.75) is 64.3 Å². The summed E-state index contributed by atoms with van der Waals surface area (Å²) in [5, 5.41) is 9.76. The van der Waals surface area contributed by atoms with Crippen LogP contribution in [0.25, 0.3) is 11.1 Å².